The van der Waals surface area contributed by atoms with Gasteiger partial charge in [-0.2, -0.15) is 0 Å². The Morgan fingerprint density at radius 3 is 2.05 bits per heavy atom. The zero-order valence-electron chi connectivity index (χ0n) is 11.3. The van der Waals surface area contributed by atoms with Gasteiger partial charge in [-0.05, 0) is 24.0 Å². The minimum absolute atomic E-state index is 0.0686. The molecule has 0 bridgehead atoms. The predicted molar refractivity (Wildman–Crippen MR) is 80.7 cm³/mol. The maximum absolute atomic E-state index is 11.9. The van der Waals surface area contributed by atoms with Crippen molar-refractivity contribution in [1.29, 1.82) is 0 Å². The van der Waals surface area contributed by atoms with Crippen LogP contribution in [0.5, 0.6) is 0 Å². The highest BCUT2D eigenvalue weighted by Gasteiger charge is 2.19. The summed E-state index contributed by atoms with van der Waals surface area (Å²) in [5.74, 6) is 0. The Morgan fingerprint density at radius 2 is 1.45 bits per heavy atom. The van der Waals surface area contributed by atoms with Crippen LogP contribution in [0.4, 0.5) is 0 Å². The van der Waals surface area contributed by atoms with Gasteiger partial charge in [0.2, 0.25) is 0 Å². The number of rotatable bonds is 7. The van der Waals surface area contributed by atoms with Crippen LogP contribution in [0.25, 0.3) is 0 Å². The lowest BCUT2D eigenvalue weighted by atomic mass is 10.1. The normalized spacial score (nSPS) is 13.8. The summed E-state index contributed by atoms with van der Waals surface area (Å²) >= 11 is 0. The molecule has 0 aliphatic carbocycles. The Hall–Kier alpha value is -1.41. The molecule has 0 aromatic heterocycles. The van der Waals surface area contributed by atoms with E-state index < -0.39 is 7.60 Å². The lowest BCUT2D eigenvalue weighted by Crippen LogP contribution is -1.98. The zero-order chi connectivity index (χ0) is 14.3. The first kappa shape index (κ1) is 15.0. The topological polar surface area (TPSA) is 46.5 Å². The summed E-state index contributed by atoms with van der Waals surface area (Å²) in [4.78, 5) is 9.80. The van der Waals surface area contributed by atoms with Crippen molar-refractivity contribution < 1.29 is 14.0 Å². The first-order valence-corrected chi connectivity index (χ1v) is 8.46. The molecule has 0 heterocycles. The van der Waals surface area contributed by atoms with Crippen LogP contribution in [0.15, 0.2) is 60.7 Å². The highest BCUT2D eigenvalue weighted by atomic mass is 31.2. The number of hydrogen-bond acceptors (Lipinski definition) is 2. The van der Waals surface area contributed by atoms with Gasteiger partial charge >= 0.3 is 7.60 Å². The van der Waals surface area contributed by atoms with Crippen LogP contribution in [-0.4, -0.2) is 11.5 Å². The fraction of sp³-hybridized carbons (Fsp3) is 0.250. The van der Waals surface area contributed by atoms with Crippen molar-refractivity contribution >= 4 is 7.60 Å². The van der Waals surface area contributed by atoms with Gasteiger partial charge in [0.15, 0.2) is 0 Å². The van der Waals surface area contributed by atoms with Crippen LogP contribution in [0, 0.1) is 0 Å². The summed E-state index contributed by atoms with van der Waals surface area (Å²) < 4.78 is 17.1. The molecule has 20 heavy (non-hydrogen) atoms. The SMILES string of the molecule is O=P(O)(Cc1ccccc1)OCCCc1ccccc1. The van der Waals surface area contributed by atoms with Gasteiger partial charge < -0.3 is 9.42 Å². The zero-order valence-corrected chi connectivity index (χ0v) is 12.2. The maximum atomic E-state index is 11.9. The summed E-state index contributed by atoms with van der Waals surface area (Å²) in [5, 5.41) is 0. The fourth-order valence-corrected chi connectivity index (χ4v) is 3.17. The Labute approximate surface area is 119 Å². The Kier molecular flexibility index (Phi) is 5.54. The molecule has 106 valence electrons. The number of benzene rings is 2. The van der Waals surface area contributed by atoms with Gasteiger partial charge in [-0.3, -0.25) is 4.57 Å². The molecule has 0 saturated heterocycles. The number of hydrogen-bond donors (Lipinski definition) is 1. The van der Waals surface area contributed by atoms with Crippen LogP contribution < -0.4 is 0 Å². The van der Waals surface area contributed by atoms with Crippen LogP contribution >= 0.6 is 7.60 Å². The molecule has 0 spiro atoms. The third kappa shape index (κ3) is 5.30. The molecule has 2 aromatic rings. The van der Waals surface area contributed by atoms with Crippen molar-refractivity contribution in [2.24, 2.45) is 0 Å². The van der Waals surface area contributed by atoms with Gasteiger partial charge in [0.05, 0.1) is 12.8 Å². The molecular formula is C16H19O3P. The standard InChI is InChI=1S/C16H19O3P/c17-20(18,14-16-10-5-2-6-11-16)19-13-7-12-15-8-3-1-4-9-15/h1-6,8-11H,7,12-14H2,(H,17,18). The first-order valence-electron chi connectivity index (χ1n) is 6.70. The van der Waals surface area contributed by atoms with E-state index in [-0.39, 0.29) is 6.16 Å². The van der Waals surface area contributed by atoms with E-state index >= 15 is 0 Å². The molecule has 0 radical (unpaired) electrons. The lowest BCUT2D eigenvalue weighted by molar-refractivity contribution is 0.255. The van der Waals surface area contributed by atoms with Gasteiger partial charge in [0.1, 0.15) is 0 Å². The smallest absolute Gasteiger partial charge is 0.324 e. The Balaban J connectivity index is 1.74. The molecule has 0 fully saturated rings. The molecule has 4 heteroatoms. The molecule has 1 atom stereocenters. The molecule has 1 N–H and O–H groups in total. The van der Waals surface area contributed by atoms with Crippen molar-refractivity contribution in [3.8, 4) is 0 Å². The molecular weight excluding hydrogens is 271 g/mol. The van der Waals surface area contributed by atoms with E-state index in [2.05, 4.69) is 0 Å². The summed E-state index contributed by atoms with van der Waals surface area (Å²) in [5.41, 5.74) is 2.04. The fourth-order valence-electron chi connectivity index (χ4n) is 1.99. The Morgan fingerprint density at radius 1 is 0.900 bits per heavy atom. The van der Waals surface area contributed by atoms with E-state index in [0.29, 0.717) is 6.61 Å². The van der Waals surface area contributed by atoms with E-state index in [9.17, 15) is 9.46 Å². The minimum Gasteiger partial charge on any atom is -0.324 e. The predicted octanol–water partition coefficient (Wildman–Crippen LogP) is 4.02. The second-order valence-corrected chi connectivity index (χ2v) is 6.55. The summed E-state index contributed by atoms with van der Waals surface area (Å²) in [6, 6.07) is 19.3. The van der Waals surface area contributed by atoms with Crippen LogP contribution in [0.1, 0.15) is 17.5 Å². The van der Waals surface area contributed by atoms with Gasteiger partial charge in [-0.1, -0.05) is 60.7 Å². The van der Waals surface area contributed by atoms with E-state index in [1.54, 1.807) is 0 Å². The quantitative estimate of drug-likeness (QED) is 0.619. The maximum Gasteiger partial charge on any atom is 0.332 e. The summed E-state index contributed by atoms with van der Waals surface area (Å²) in [6.07, 6.45) is 1.66. The number of aryl methyl sites for hydroxylation is 1. The highest BCUT2D eigenvalue weighted by molar-refractivity contribution is 7.51. The van der Waals surface area contributed by atoms with Crippen molar-refractivity contribution in [2.75, 3.05) is 6.61 Å². The molecule has 3 nitrogen and oxygen atoms in total. The van der Waals surface area contributed by atoms with Crippen LogP contribution in [-0.2, 0) is 21.7 Å². The van der Waals surface area contributed by atoms with Crippen LogP contribution in [0.2, 0.25) is 0 Å². The van der Waals surface area contributed by atoms with E-state index in [4.69, 9.17) is 4.52 Å². The van der Waals surface area contributed by atoms with Crippen molar-refractivity contribution in [3.63, 3.8) is 0 Å². The van der Waals surface area contributed by atoms with Crippen molar-refractivity contribution in [2.45, 2.75) is 19.0 Å². The van der Waals surface area contributed by atoms with Crippen molar-refractivity contribution in [1.82, 2.24) is 0 Å². The Bertz CT molecular complexity index is 554. The van der Waals surface area contributed by atoms with Crippen molar-refractivity contribution in [3.05, 3.63) is 71.8 Å². The molecule has 2 rings (SSSR count). The second-order valence-electron chi connectivity index (χ2n) is 4.70. The highest BCUT2D eigenvalue weighted by Crippen LogP contribution is 2.45. The van der Waals surface area contributed by atoms with E-state index in [1.807, 2.05) is 60.7 Å². The second kappa shape index (κ2) is 7.39. The van der Waals surface area contributed by atoms with Gasteiger partial charge in [-0.25, -0.2) is 0 Å². The molecule has 1 unspecified atom stereocenters. The molecule has 0 saturated carbocycles. The molecule has 0 aliphatic heterocycles. The van der Waals surface area contributed by atoms with Crippen LogP contribution in [0.3, 0.4) is 0 Å². The molecule has 0 aliphatic rings. The average molecular weight is 290 g/mol. The monoisotopic (exact) mass is 290 g/mol. The van der Waals surface area contributed by atoms with E-state index in [1.165, 1.54) is 5.56 Å². The van der Waals surface area contributed by atoms with Gasteiger partial charge in [0.25, 0.3) is 0 Å². The molecule has 0 amide bonds. The van der Waals surface area contributed by atoms with Gasteiger partial charge in [0, 0.05) is 0 Å². The first-order chi connectivity index (χ1) is 9.66. The summed E-state index contributed by atoms with van der Waals surface area (Å²) in [6.45, 7) is 0.301. The molecule has 2 aromatic carbocycles. The third-order valence-electron chi connectivity index (χ3n) is 2.97. The lowest BCUT2D eigenvalue weighted by Gasteiger charge is -2.12. The average Bonchev–Trinajstić information content (AvgIpc) is 2.45. The van der Waals surface area contributed by atoms with Gasteiger partial charge in [-0.15, -0.1) is 0 Å². The summed E-state index contributed by atoms with van der Waals surface area (Å²) in [7, 11) is -3.54. The third-order valence-corrected chi connectivity index (χ3v) is 4.32. The largest absolute Gasteiger partial charge is 0.332 e. The van der Waals surface area contributed by atoms with E-state index in [0.717, 1.165) is 18.4 Å². The minimum atomic E-state index is -3.54.